The normalized spacial score (nSPS) is 15.9. The summed E-state index contributed by atoms with van der Waals surface area (Å²) in [6, 6.07) is 9.13. The Morgan fingerprint density at radius 3 is 2.92 bits per heavy atom. The van der Waals surface area contributed by atoms with Gasteiger partial charge in [0.15, 0.2) is 6.10 Å². The molecular formula is C19H17N3O3S. The molecule has 0 fully saturated rings. The molecular weight excluding hydrogens is 350 g/mol. The van der Waals surface area contributed by atoms with Crippen LogP contribution in [0, 0.1) is 6.92 Å². The van der Waals surface area contributed by atoms with Crippen LogP contribution in [0.2, 0.25) is 0 Å². The fraction of sp³-hybridized carbons (Fsp3) is 0.211. The molecule has 1 atom stereocenters. The molecule has 1 N–H and O–H groups in total. The number of ether oxygens (including phenoxy) is 1. The van der Waals surface area contributed by atoms with Crippen molar-refractivity contribution in [1.82, 2.24) is 9.55 Å². The molecule has 0 bridgehead atoms. The van der Waals surface area contributed by atoms with Crippen molar-refractivity contribution in [1.29, 1.82) is 0 Å². The lowest BCUT2D eigenvalue weighted by molar-refractivity contribution is -0.122. The van der Waals surface area contributed by atoms with E-state index in [1.807, 2.05) is 36.6 Å². The van der Waals surface area contributed by atoms with Crippen LogP contribution in [0.5, 0.6) is 5.75 Å². The molecule has 1 aliphatic heterocycles. The van der Waals surface area contributed by atoms with E-state index in [1.165, 1.54) is 11.3 Å². The summed E-state index contributed by atoms with van der Waals surface area (Å²) in [6.45, 7) is 4.05. The lowest BCUT2D eigenvalue weighted by Gasteiger charge is -2.23. The van der Waals surface area contributed by atoms with Crippen LogP contribution < -0.4 is 15.6 Å². The van der Waals surface area contributed by atoms with Crippen molar-refractivity contribution in [2.24, 2.45) is 0 Å². The minimum atomic E-state index is -0.493. The highest BCUT2D eigenvalue weighted by atomic mass is 32.1. The molecule has 0 spiro atoms. The molecule has 2 aromatic heterocycles. The first kappa shape index (κ1) is 16.5. The summed E-state index contributed by atoms with van der Waals surface area (Å²) in [5, 5.41) is 5.64. The lowest BCUT2D eigenvalue weighted by atomic mass is 10.1. The van der Waals surface area contributed by atoms with Crippen molar-refractivity contribution >= 4 is 22.9 Å². The third-order valence-electron chi connectivity index (χ3n) is 4.22. The van der Waals surface area contributed by atoms with E-state index in [-0.39, 0.29) is 11.5 Å². The van der Waals surface area contributed by atoms with Crippen molar-refractivity contribution in [3.63, 3.8) is 0 Å². The molecule has 0 saturated carbocycles. The Morgan fingerprint density at radius 2 is 2.12 bits per heavy atom. The number of aryl methyl sites for hydroxylation is 1. The van der Waals surface area contributed by atoms with E-state index in [9.17, 15) is 9.59 Å². The molecule has 3 aromatic rings. The Kier molecular flexibility index (Phi) is 4.08. The number of nitrogens with zero attached hydrogens (tertiary/aromatic N) is 2. The van der Waals surface area contributed by atoms with Gasteiger partial charge in [-0.05, 0) is 43.7 Å². The Balaban J connectivity index is 1.59. The van der Waals surface area contributed by atoms with Gasteiger partial charge in [-0.15, -0.1) is 11.3 Å². The molecule has 0 radical (unpaired) electrons. The van der Waals surface area contributed by atoms with E-state index in [0.29, 0.717) is 18.0 Å². The smallest absolute Gasteiger partial charge is 0.265 e. The molecule has 0 saturated heterocycles. The summed E-state index contributed by atoms with van der Waals surface area (Å²) in [6.07, 6.45) is 1.29. The fourth-order valence-corrected chi connectivity index (χ4v) is 3.57. The molecule has 3 heterocycles. The molecule has 26 heavy (non-hydrogen) atoms. The van der Waals surface area contributed by atoms with Gasteiger partial charge in [-0.25, -0.2) is 4.98 Å². The number of hydrogen-bond donors (Lipinski definition) is 1. The van der Waals surface area contributed by atoms with Crippen molar-refractivity contribution in [2.45, 2.75) is 26.5 Å². The summed E-state index contributed by atoms with van der Waals surface area (Å²) < 4.78 is 7.21. The van der Waals surface area contributed by atoms with Gasteiger partial charge in [0.2, 0.25) is 0 Å². The van der Waals surface area contributed by atoms with Gasteiger partial charge in [-0.2, -0.15) is 0 Å². The van der Waals surface area contributed by atoms with Crippen LogP contribution in [0.4, 0.5) is 5.69 Å². The Bertz CT molecular complexity index is 1050. The van der Waals surface area contributed by atoms with Gasteiger partial charge < -0.3 is 14.6 Å². The third-order valence-corrected chi connectivity index (χ3v) is 5.05. The summed E-state index contributed by atoms with van der Waals surface area (Å²) >= 11 is 1.50. The van der Waals surface area contributed by atoms with Crippen LogP contribution in [0.1, 0.15) is 17.5 Å². The van der Waals surface area contributed by atoms with E-state index < -0.39 is 6.10 Å². The van der Waals surface area contributed by atoms with Crippen molar-refractivity contribution in [3.8, 4) is 17.0 Å². The minimum Gasteiger partial charge on any atom is -0.479 e. The Hall–Kier alpha value is -2.93. The second kappa shape index (κ2) is 6.42. The highest BCUT2D eigenvalue weighted by Crippen LogP contribution is 2.34. The molecule has 7 heteroatoms. The van der Waals surface area contributed by atoms with Gasteiger partial charge in [0.1, 0.15) is 10.8 Å². The van der Waals surface area contributed by atoms with E-state index in [0.717, 1.165) is 21.8 Å². The van der Waals surface area contributed by atoms with Crippen LogP contribution in [0.3, 0.4) is 0 Å². The number of fused-ring (bicyclic) bond motifs is 1. The number of nitrogens with one attached hydrogen (secondary N) is 1. The maximum atomic E-state index is 12.0. The molecule has 1 aromatic carbocycles. The monoisotopic (exact) mass is 367 g/mol. The second-order valence-electron chi connectivity index (χ2n) is 6.26. The van der Waals surface area contributed by atoms with Gasteiger partial charge in [0.25, 0.3) is 11.5 Å². The van der Waals surface area contributed by atoms with Crippen LogP contribution in [0.25, 0.3) is 11.3 Å². The highest BCUT2D eigenvalue weighted by molar-refractivity contribution is 7.09. The fourth-order valence-electron chi connectivity index (χ4n) is 2.77. The number of thiazole rings is 1. The third kappa shape index (κ3) is 3.13. The molecule has 1 aliphatic rings. The molecule has 6 nitrogen and oxygen atoms in total. The number of hydrogen-bond acceptors (Lipinski definition) is 5. The molecule has 1 unspecified atom stereocenters. The number of anilines is 1. The maximum absolute atomic E-state index is 12.0. The van der Waals surface area contributed by atoms with Crippen LogP contribution in [-0.2, 0) is 11.3 Å². The SMILES string of the molecule is Cc1ccn(Cc2nc(-c3ccc4c(c3)NC(=O)C(C)O4)cs2)c(=O)c1. The first-order valence-corrected chi connectivity index (χ1v) is 9.11. The van der Waals surface area contributed by atoms with Gasteiger partial charge >= 0.3 is 0 Å². The van der Waals surface area contributed by atoms with Crippen molar-refractivity contribution in [3.05, 3.63) is 62.8 Å². The Labute approximate surface area is 154 Å². The largest absolute Gasteiger partial charge is 0.479 e. The number of amides is 1. The zero-order valence-electron chi connectivity index (χ0n) is 14.4. The van der Waals surface area contributed by atoms with Gasteiger partial charge in [0.05, 0.1) is 17.9 Å². The highest BCUT2D eigenvalue weighted by Gasteiger charge is 2.23. The average Bonchev–Trinajstić information content (AvgIpc) is 3.07. The number of aromatic nitrogens is 2. The second-order valence-corrected chi connectivity index (χ2v) is 7.20. The minimum absolute atomic E-state index is 0.0375. The zero-order valence-corrected chi connectivity index (χ0v) is 15.2. The van der Waals surface area contributed by atoms with Gasteiger partial charge in [-0.3, -0.25) is 9.59 Å². The summed E-state index contributed by atoms with van der Waals surface area (Å²) in [7, 11) is 0. The van der Waals surface area contributed by atoms with E-state index >= 15 is 0 Å². The number of pyridine rings is 1. The van der Waals surface area contributed by atoms with E-state index in [2.05, 4.69) is 10.3 Å². The summed E-state index contributed by atoms with van der Waals surface area (Å²) in [5.74, 6) is 0.495. The van der Waals surface area contributed by atoms with E-state index in [1.54, 1.807) is 23.8 Å². The topological polar surface area (TPSA) is 73.2 Å². The maximum Gasteiger partial charge on any atom is 0.265 e. The predicted octanol–water partition coefficient (Wildman–Crippen LogP) is 3.05. The average molecular weight is 367 g/mol. The van der Waals surface area contributed by atoms with Crippen LogP contribution >= 0.6 is 11.3 Å². The molecule has 1 amide bonds. The molecule has 0 aliphatic carbocycles. The number of carbonyl (C=O) groups is 1. The zero-order chi connectivity index (χ0) is 18.3. The molecule has 132 valence electrons. The first-order valence-electron chi connectivity index (χ1n) is 8.23. The summed E-state index contributed by atoms with van der Waals surface area (Å²) in [4.78, 5) is 28.4. The Morgan fingerprint density at radius 1 is 1.27 bits per heavy atom. The van der Waals surface area contributed by atoms with Gasteiger partial charge in [0, 0.05) is 23.2 Å². The van der Waals surface area contributed by atoms with Gasteiger partial charge in [-0.1, -0.05) is 0 Å². The lowest BCUT2D eigenvalue weighted by Crippen LogP contribution is -2.34. The van der Waals surface area contributed by atoms with E-state index in [4.69, 9.17) is 4.74 Å². The first-order chi connectivity index (χ1) is 12.5. The standard InChI is InChI=1S/C19H17N3O3S/c1-11-5-6-22(18(23)7-11)9-17-20-15(10-26-17)13-3-4-16-14(8-13)21-19(24)12(2)25-16/h3-8,10,12H,9H2,1-2H3,(H,21,24). The predicted molar refractivity (Wildman–Crippen MR) is 101 cm³/mol. The number of carbonyl (C=O) groups excluding carboxylic acids is 1. The van der Waals surface area contributed by atoms with Crippen LogP contribution in [0.15, 0.2) is 46.7 Å². The van der Waals surface area contributed by atoms with Crippen LogP contribution in [-0.4, -0.2) is 21.6 Å². The van der Waals surface area contributed by atoms with Crippen molar-refractivity contribution < 1.29 is 9.53 Å². The summed E-state index contributed by atoms with van der Waals surface area (Å²) in [5.41, 5.74) is 3.25. The number of rotatable bonds is 3. The molecule has 4 rings (SSSR count). The van der Waals surface area contributed by atoms with Crippen molar-refractivity contribution in [2.75, 3.05) is 5.32 Å². The number of benzene rings is 1. The quantitative estimate of drug-likeness (QED) is 0.772.